The minimum absolute atomic E-state index is 0.126. The molecule has 1 atom stereocenters. The highest BCUT2D eigenvalue weighted by molar-refractivity contribution is 5.58. The van der Waals surface area contributed by atoms with Crippen LogP contribution in [-0.2, 0) is 11.3 Å². The Morgan fingerprint density at radius 1 is 1.25 bits per heavy atom. The van der Waals surface area contributed by atoms with Crippen LogP contribution in [0.2, 0.25) is 0 Å². The van der Waals surface area contributed by atoms with E-state index in [4.69, 9.17) is 4.74 Å². The summed E-state index contributed by atoms with van der Waals surface area (Å²) in [6, 6.07) is 8.59. The van der Waals surface area contributed by atoms with E-state index in [0.29, 0.717) is 6.61 Å². The smallest absolute Gasteiger partial charge is 0.126 e. The molecule has 1 aliphatic rings. The number of morpholine rings is 1. The highest BCUT2D eigenvalue weighted by atomic mass is 16.5. The van der Waals surface area contributed by atoms with E-state index in [1.54, 1.807) is 6.33 Å². The number of aryl methyl sites for hydroxylation is 1. The maximum absolute atomic E-state index is 5.69. The Kier molecular flexibility index (Phi) is 4.15. The molecule has 0 saturated carbocycles. The molecule has 1 aliphatic heterocycles. The highest BCUT2D eigenvalue weighted by Gasteiger charge is 2.27. The van der Waals surface area contributed by atoms with Crippen molar-refractivity contribution in [2.24, 2.45) is 0 Å². The van der Waals surface area contributed by atoms with Crippen LogP contribution in [-0.4, -0.2) is 44.6 Å². The fraction of sp³-hybridized carbons (Fsp3) is 0.333. The number of benzene rings is 1. The van der Waals surface area contributed by atoms with Crippen molar-refractivity contribution in [3.05, 3.63) is 60.1 Å². The summed E-state index contributed by atoms with van der Waals surface area (Å²) >= 11 is 0. The van der Waals surface area contributed by atoms with Gasteiger partial charge in [0.25, 0.3) is 0 Å². The molecule has 3 aromatic rings. The number of hydrogen-bond donors (Lipinski definition) is 2. The van der Waals surface area contributed by atoms with E-state index < -0.39 is 0 Å². The van der Waals surface area contributed by atoms with Crippen LogP contribution in [0.4, 0.5) is 0 Å². The van der Waals surface area contributed by atoms with Crippen molar-refractivity contribution in [3.8, 4) is 11.3 Å². The summed E-state index contributed by atoms with van der Waals surface area (Å²) in [4.78, 5) is 17.7. The summed E-state index contributed by atoms with van der Waals surface area (Å²) in [7, 11) is 0. The standard InChI is InChI=1S/C18H21N5O/c1-13-2-4-14(5-3-13)16-9-20-18(22-16)17-11-24-7-6-23(17)10-15-8-19-12-21-15/h2-5,8-9,12,17H,6-7,10-11H2,1H3,(H,19,21)(H,20,22)/t17-/m0/s1. The van der Waals surface area contributed by atoms with E-state index in [2.05, 4.69) is 56.0 Å². The van der Waals surface area contributed by atoms with Gasteiger partial charge in [0.2, 0.25) is 0 Å². The molecule has 2 N–H and O–H groups in total. The van der Waals surface area contributed by atoms with Crippen LogP contribution in [0.15, 0.2) is 43.0 Å². The second-order valence-corrected chi connectivity index (χ2v) is 6.19. The number of imidazole rings is 2. The van der Waals surface area contributed by atoms with Crippen LogP contribution in [0.5, 0.6) is 0 Å². The topological polar surface area (TPSA) is 69.8 Å². The SMILES string of the molecule is Cc1ccc(-c2cnc([C@@H]3COCCN3Cc3cnc[nH]3)[nH]2)cc1. The van der Waals surface area contributed by atoms with E-state index in [1.807, 2.05) is 12.4 Å². The lowest BCUT2D eigenvalue weighted by molar-refractivity contribution is -0.0161. The van der Waals surface area contributed by atoms with Gasteiger partial charge in [-0.3, -0.25) is 4.90 Å². The average Bonchev–Trinajstić information content (AvgIpc) is 3.28. The third kappa shape index (κ3) is 3.11. The number of aromatic amines is 2. The van der Waals surface area contributed by atoms with Crippen LogP contribution in [0.1, 0.15) is 23.1 Å². The molecule has 0 bridgehead atoms. The molecule has 1 saturated heterocycles. The van der Waals surface area contributed by atoms with Gasteiger partial charge >= 0.3 is 0 Å². The number of ether oxygens (including phenoxy) is 1. The fourth-order valence-electron chi connectivity index (χ4n) is 3.05. The number of rotatable bonds is 4. The van der Waals surface area contributed by atoms with Crippen LogP contribution in [0.25, 0.3) is 11.3 Å². The molecule has 0 aliphatic carbocycles. The van der Waals surface area contributed by atoms with E-state index in [-0.39, 0.29) is 6.04 Å². The molecule has 4 rings (SSSR count). The Balaban J connectivity index is 1.56. The molecule has 0 unspecified atom stereocenters. The molecular weight excluding hydrogens is 302 g/mol. The largest absolute Gasteiger partial charge is 0.378 e. The molecule has 0 radical (unpaired) electrons. The second-order valence-electron chi connectivity index (χ2n) is 6.19. The molecule has 3 heterocycles. The molecule has 1 fully saturated rings. The van der Waals surface area contributed by atoms with Gasteiger partial charge in [0, 0.05) is 25.0 Å². The minimum atomic E-state index is 0.126. The number of hydrogen-bond acceptors (Lipinski definition) is 4. The van der Waals surface area contributed by atoms with Crippen molar-refractivity contribution in [1.82, 2.24) is 24.8 Å². The number of nitrogens with zero attached hydrogens (tertiary/aromatic N) is 3. The van der Waals surface area contributed by atoms with E-state index in [0.717, 1.165) is 42.5 Å². The van der Waals surface area contributed by atoms with Crippen molar-refractivity contribution in [2.45, 2.75) is 19.5 Å². The van der Waals surface area contributed by atoms with Gasteiger partial charge in [0.15, 0.2) is 0 Å². The van der Waals surface area contributed by atoms with Gasteiger partial charge < -0.3 is 14.7 Å². The zero-order valence-electron chi connectivity index (χ0n) is 13.7. The van der Waals surface area contributed by atoms with E-state index >= 15 is 0 Å². The minimum Gasteiger partial charge on any atom is -0.378 e. The molecule has 124 valence electrons. The van der Waals surface area contributed by atoms with Crippen molar-refractivity contribution in [3.63, 3.8) is 0 Å². The van der Waals surface area contributed by atoms with Crippen LogP contribution in [0.3, 0.4) is 0 Å². The molecule has 6 heteroatoms. The first-order chi connectivity index (χ1) is 11.8. The number of H-pyrrole nitrogens is 2. The molecular formula is C18H21N5O. The van der Waals surface area contributed by atoms with E-state index in [1.165, 1.54) is 5.56 Å². The molecule has 1 aromatic carbocycles. The zero-order chi connectivity index (χ0) is 16.4. The normalized spacial score (nSPS) is 18.8. The van der Waals surface area contributed by atoms with Crippen LogP contribution < -0.4 is 0 Å². The highest BCUT2D eigenvalue weighted by Crippen LogP contribution is 2.26. The van der Waals surface area contributed by atoms with Gasteiger partial charge in [-0.25, -0.2) is 9.97 Å². The van der Waals surface area contributed by atoms with Gasteiger partial charge in [0.1, 0.15) is 5.82 Å². The molecule has 0 spiro atoms. The van der Waals surface area contributed by atoms with Crippen molar-refractivity contribution in [2.75, 3.05) is 19.8 Å². The van der Waals surface area contributed by atoms with Gasteiger partial charge in [-0.15, -0.1) is 0 Å². The summed E-state index contributed by atoms with van der Waals surface area (Å²) in [5.74, 6) is 0.949. The van der Waals surface area contributed by atoms with Gasteiger partial charge in [0.05, 0.1) is 37.5 Å². The first-order valence-electron chi connectivity index (χ1n) is 8.20. The summed E-state index contributed by atoms with van der Waals surface area (Å²) < 4.78 is 5.69. The maximum atomic E-state index is 5.69. The predicted octanol–water partition coefficient (Wildman–Crippen LogP) is 2.68. The predicted molar refractivity (Wildman–Crippen MR) is 91.3 cm³/mol. The third-order valence-corrected chi connectivity index (χ3v) is 4.44. The maximum Gasteiger partial charge on any atom is 0.126 e. The molecule has 24 heavy (non-hydrogen) atoms. The number of nitrogens with one attached hydrogen (secondary N) is 2. The lowest BCUT2D eigenvalue weighted by Crippen LogP contribution is -2.39. The first kappa shape index (κ1) is 15.1. The Bertz CT molecular complexity index is 778. The summed E-state index contributed by atoms with van der Waals surface area (Å²) in [6.45, 7) is 5.18. The van der Waals surface area contributed by atoms with Crippen molar-refractivity contribution in [1.29, 1.82) is 0 Å². The van der Waals surface area contributed by atoms with Gasteiger partial charge in [-0.1, -0.05) is 29.8 Å². The van der Waals surface area contributed by atoms with Crippen LogP contribution in [0, 0.1) is 6.92 Å². The second kappa shape index (κ2) is 6.59. The van der Waals surface area contributed by atoms with Crippen molar-refractivity contribution >= 4 is 0 Å². The number of aromatic nitrogens is 4. The first-order valence-corrected chi connectivity index (χ1v) is 8.20. The third-order valence-electron chi connectivity index (χ3n) is 4.44. The lowest BCUT2D eigenvalue weighted by atomic mass is 10.1. The average molecular weight is 323 g/mol. The summed E-state index contributed by atoms with van der Waals surface area (Å²) in [6.07, 6.45) is 5.49. The Morgan fingerprint density at radius 2 is 2.12 bits per heavy atom. The monoisotopic (exact) mass is 323 g/mol. The molecule has 2 aromatic heterocycles. The molecule has 0 amide bonds. The molecule has 6 nitrogen and oxygen atoms in total. The fourth-order valence-corrected chi connectivity index (χ4v) is 3.05. The summed E-state index contributed by atoms with van der Waals surface area (Å²) in [5.41, 5.74) is 4.55. The Hall–Kier alpha value is -2.44. The lowest BCUT2D eigenvalue weighted by Gasteiger charge is -2.33. The van der Waals surface area contributed by atoms with E-state index in [9.17, 15) is 0 Å². The van der Waals surface area contributed by atoms with Crippen molar-refractivity contribution < 1.29 is 4.74 Å². The van der Waals surface area contributed by atoms with Crippen LogP contribution >= 0.6 is 0 Å². The quantitative estimate of drug-likeness (QED) is 0.774. The Labute approximate surface area is 140 Å². The zero-order valence-corrected chi connectivity index (χ0v) is 13.7. The van der Waals surface area contributed by atoms with Gasteiger partial charge in [-0.2, -0.15) is 0 Å². The van der Waals surface area contributed by atoms with Gasteiger partial charge in [-0.05, 0) is 12.5 Å². The summed E-state index contributed by atoms with van der Waals surface area (Å²) in [5, 5.41) is 0. The Morgan fingerprint density at radius 3 is 2.92 bits per heavy atom.